The van der Waals surface area contributed by atoms with E-state index in [0.717, 1.165) is 0 Å². The molecule has 0 radical (unpaired) electrons. The lowest BCUT2D eigenvalue weighted by atomic mass is 10.0. The summed E-state index contributed by atoms with van der Waals surface area (Å²) in [4.78, 5) is 37.1. The molecule has 0 fully saturated rings. The van der Waals surface area contributed by atoms with Crippen molar-refractivity contribution in [2.75, 3.05) is 13.1 Å². The number of hydrogen-bond acceptors (Lipinski definition) is 5. The van der Waals surface area contributed by atoms with Crippen LogP contribution in [0.2, 0.25) is 0 Å². The van der Waals surface area contributed by atoms with Crippen LogP contribution in [-0.4, -0.2) is 54.9 Å². The van der Waals surface area contributed by atoms with Gasteiger partial charge in [-0.25, -0.2) is 4.79 Å². The van der Waals surface area contributed by atoms with E-state index in [0.29, 0.717) is 5.56 Å². The van der Waals surface area contributed by atoms with E-state index in [9.17, 15) is 40.7 Å². The highest BCUT2D eigenvalue weighted by Gasteiger charge is 2.48. The molecule has 0 bridgehead atoms. The fourth-order valence-corrected chi connectivity index (χ4v) is 3.11. The third kappa shape index (κ3) is 11.4. The van der Waals surface area contributed by atoms with Crippen LogP contribution < -0.4 is 16.0 Å². The van der Waals surface area contributed by atoms with Gasteiger partial charge in [0.25, 0.3) is 0 Å². The molecule has 0 heterocycles. The van der Waals surface area contributed by atoms with Gasteiger partial charge in [-0.2, -0.15) is 26.3 Å². The second-order valence-electron chi connectivity index (χ2n) is 9.81. The van der Waals surface area contributed by atoms with Crippen LogP contribution in [0.3, 0.4) is 0 Å². The summed E-state index contributed by atoms with van der Waals surface area (Å²) in [6, 6.07) is 6.88. The Morgan fingerprint density at radius 1 is 0.838 bits per heavy atom. The van der Waals surface area contributed by atoms with Crippen molar-refractivity contribution in [2.45, 2.75) is 65.2 Å². The molecule has 1 aromatic rings. The molecular weight excluding hydrogens is 508 g/mol. The molecule has 0 aliphatic carbocycles. The second kappa shape index (κ2) is 13.1. The highest BCUT2D eigenvalue weighted by atomic mass is 19.4. The van der Waals surface area contributed by atoms with Crippen molar-refractivity contribution in [3.8, 4) is 0 Å². The number of alkyl halides is 6. The highest BCUT2D eigenvalue weighted by molar-refractivity contribution is 5.87. The van der Waals surface area contributed by atoms with E-state index < -0.39 is 72.6 Å². The maximum Gasteiger partial charge on any atom is 0.402 e. The minimum Gasteiger partial charge on any atom is -0.458 e. The van der Waals surface area contributed by atoms with Crippen molar-refractivity contribution in [1.29, 1.82) is 0 Å². The van der Waals surface area contributed by atoms with Crippen LogP contribution >= 0.6 is 0 Å². The second-order valence-corrected chi connectivity index (χ2v) is 9.81. The van der Waals surface area contributed by atoms with Gasteiger partial charge in [-0.3, -0.25) is 9.59 Å². The first-order valence-electron chi connectivity index (χ1n) is 11.5. The SMILES string of the molecule is CC(C)[C@H](NC(=O)[C@H](CNC(=O)[C@H](CNCc1ccccc1)C(F)(F)F)C(F)(F)F)C(=O)OC(C)(C)C. The number of amides is 2. The average molecular weight is 542 g/mol. The molecule has 3 N–H and O–H groups in total. The van der Waals surface area contributed by atoms with Crippen LogP contribution in [0.1, 0.15) is 40.2 Å². The van der Waals surface area contributed by atoms with Gasteiger partial charge in [0.1, 0.15) is 17.6 Å². The van der Waals surface area contributed by atoms with E-state index >= 15 is 0 Å². The minimum atomic E-state index is -5.22. The van der Waals surface area contributed by atoms with E-state index in [4.69, 9.17) is 4.74 Å². The Kier molecular flexibility index (Phi) is 11.4. The molecule has 0 saturated heterocycles. The van der Waals surface area contributed by atoms with Crippen LogP contribution in [0.15, 0.2) is 30.3 Å². The van der Waals surface area contributed by atoms with Crippen LogP contribution in [0.25, 0.3) is 0 Å². The molecule has 37 heavy (non-hydrogen) atoms. The lowest BCUT2D eigenvalue weighted by molar-refractivity contribution is -0.187. The van der Waals surface area contributed by atoms with E-state index in [1.165, 1.54) is 34.6 Å². The standard InChI is InChI=1S/C24H33F6N3O4/c1-14(2)18(21(36)37-22(3,4)5)33-20(35)17(24(28,29)30)13-32-19(34)16(23(25,26)27)12-31-11-15-9-7-6-8-10-15/h6-10,14,16-18,31H,11-13H2,1-5H3,(H,32,34)(H,33,35)/t16-,17-,18-/m0/s1. The van der Waals surface area contributed by atoms with Crippen molar-refractivity contribution in [2.24, 2.45) is 17.8 Å². The van der Waals surface area contributed by atoms with Crippen LogP contribution in [-0.2, 0) is 25.7 Å². The zero-order valence-electron chi connectivity index (χ0n) is 21.2. The van der Waals surface area contributed by atoms with Gasteiger partial charge in [0.05, 0.1) is 0 Å². The van der Waals surface area contributed by atoms with Crippen molar-refractivity contribution < 1.29 is 45.5 Å². The predicted molar refractivity (Wildman–Crippen MR) is 123 cm³/mol. The minimum absolute atomic E-state index is 0.00443. The Morgan fingerprint density at radius 3 is 1.81 bits per heavy atom. The molecule has 7 nitrogen and oxygen atoms in total. The quantitative estimate of drug-likeness (QED) is 0.293. The lowest BCUT2D eigenvalue weighted by Crippen LogP contribution is -2.54. The molecule has 0 aliphatic heterocycles. The highest BCUT2D eigenvalue weighted by Crippen LogP contribution is 2.29. The molecular formula is C24H33F6N3O4. The first kappa shape index (κ1) is 32.2. The fourth-order valence-electron chi connectivity index (χ4n) is 3.11. The number of hydrogen-bond donors (Lipinski definition) is 3. The molecule has 0 aromatic heterocycles. The summed E-state index contributed by atoms with van der Waals surface area (Å²) in [5.74, 6) is -10.6. The van der Waals surface area contributed by atoms with E-state index in [2.05, 4.69) is 5.32 Å². The summed E-state index contributed by atoms with van der Waals surface area (Å²) >= 11 is 0. The number of halogens is 6. The third-order valence-corrected chi connectivity index (χ3v) is 5.05. The van der Waals surface area contributed by atoms with Gasteiger partial charge >= 0.3 is 18.3 Å². The van der Waals surface area contributed by atoms with Crippen LogP contribution in [0.4, 0.5) is 26.3 Å². The van der Waals surface area contributed by atoms with Crippen molar-refractivity contribution >= 4 is 17.8 Å². The maximum atomic E-state index is 13.6. The fraction of sp³-hybridized carbons (Fsp3) is 0.625. The Bertz CT molecular complexity index is 898. The summed E-state index contributed by atoms with van der Waals surface area (Å²) in [5.41, 5.74) is -0.338. The summed E-state index contributed by atoms with van der Waals surface area (Å²) in [6.07, 6.45) is -10.3. The largest absolute Gasteiger partial charge is 0.458 e. The van der Waals surface area contributed by atoms with Crippen molar-refractivity contribution in [3.63, 3.8) is 0 Å². The van der Waals surface area contributed by atoms with Gasteiger partial charge in [-0.05, 0) is 32.3 Å². The Balaban J connectivity index is 2.91. The maximum absolute atomic E-state index is 13.6. The van der Waals surface area contributed by atoms with Gasteiger partial charge in [0.2, 0.25) is 11.8 Å². The van der Waals surface area contributed by atoms with Gasteiger partial charge in [0, 0.05) is 19.6 Å². The van der Waals surface area contributed by atoms with Gasteiger partial charge < -0.3 is 20.7 Å². The van der Waals surface area contributed by atoms with E-state index in [1.54, 1.807) is 35.6 Å². The molecule has 2 amide bonds. The number of rotatable bonds is 11. The zero-order valence-corrected chi connectivity index (χ0v) is 21.2. The normalized spacial score (nSPS) is 15.0. The summed E-state index contributed by atoms with van der Waals surface area (Å²) in [7, 11) is 0. The summed E-state index contributed by atoms with van der Waals surface area (Å²) < 4.78 is 86.3. The van der Waals surface area contributed by atoms with Crippen LogP contribution in [0.5, 0.6) is 0 Å². The van der Waals surface area contributed by atoms with E-state index in [-0.39, 0.29) is 6.54 Å². The summed E-state index contributed by atoms with van der Waals surface area (Å²) in [6.45, 7) is 5.19. The third-order valence-electron chi connectivity index (χ3n) is 5.05. The number of nitrogens with one attached hydrogen (secondary N) is 3. The molecule has 1 rings (SSSR count). The molecule has 1 aromatic carbocycles. The first-order valence-corrected chi connectivity index (χ1v) is 11.5. The average Bonchev–Trinajstić information content (AvgIpc) is 2.72. The number of esters is 1. The Morgan fingerprint density at radius 2 is 1.35 bits per heavy atom. The topological polar surface area (TPSA) is 96.5 Å². The molecule has 0 unspecified atom stereocenters. The zero-order chi connectivity index (χ0) is 28.6. The van der Waals surface area contributed by atoms with Crippen LogP contribution in [0, 0.1) is 17.8 Å². The lowest BCUT2D eigenvalue weighted by Gasteiger charge is -2.29. The van der Waals surface area contributed by atoms with Gasteiger partial charge in [-0.15, -0.1) is 0 Å². The number of carbonyl (C=O) groups is 3. The molecule has 3 atom stereocenters. The van der Waals surface area contributed by atoms with E-state index in [1.807, 2.05) is 5.32 Å². The Hall–Kier alpha value is -2.83. The molecule has 0 saturated carbocycles. The number of carbonyl (C=O) groups excluding carboxylic acids is 3. The monoisotopic (exact) mass is 541 g/mol. The summed E-state index contributed by atoms with van der Waals surface area (Å²) in [5, 5.41) is 6.03. The predicted octanol–water partition coefficient (Wildman–Crippen LogP) is 3.73. The molecule has 0 aliphatic rings. The van der Waals surface area contributed by atoms with Crippen molar-refractivity contribution in [1.82, 2.24) is 16.0 Å². The molecule has 210 valence electrons. The molecule has 0 spiro atoms. The molecule has 13 heteroatoms. The Labute approximate surface area is 211 Å². The number of ether oxygens (including phenoxy) is 1. The smallest absolute Gasteiger partial charge is 0.402 e. The van der Waals surface area contributed by atoms with Gasteiger partial charge in [-0.1, -0.05) is 44.2 Å². The number of benzene rings is 1. The first-order chi connectivity index (χ1) is 16.8. The van der Waals surface area contributed by atoms with Gasteiger partial charge in [0.15, 0.2) is 5.92 Å². The van der Waals surface area contributed by atoms with Crippen molar-refractivity contribution in [3.05, 3.63) is 35.9 Å².